The number of hydrogen-bond donors (Lipinski definition) is 2. The van der Waals surface area contributed by atoms with Gasteiger partial charge < -0.3 is 11.1 Å². The van der Waals surface area contributed by atoms with Crippen molar-refractivity contribution >= 4 is 17.2 Å². The standard InChI is InChI=1S/C11H19N3OS/c1-5-9(12)11(15)14-7(3)10-6(2)13-8(4)16-10/h7,9H,5,12H2,1-4H3,(H,14,15)/t7?,9-/m1/s1. The van der Waals surface area contributed by atoms with Crippen LogP contribution in [-0.2, 0) is 4.79 Å². The Morgan fingerprint density at radius 3 is 2.62 bits per heavy atom. The second-order valence-corrected chi connectivity index (χ2v) is 5.16. The summed E-state index contributed by atoms with van der Waals surface area (Å²) in [5.41, 5.74) is 6.65. The largest absolute Gasteiger partial charge is 0.347 e. The van der Waals surface area contributed by atoms with E-state index in [1.54, 1.807) is 11.3 Å². The van der Waals surface area contributed by atoms with Crippen LogP contribution in [0.1, 0.15) is 41.9 Å². The van der Waals surface area contributed by atoms with Crippen molar-refractivity contribution in [2.24, 2.45) is 5.73 Å². The molecule has 0 aliphatic rings. The van der Waals surface area contributed by atoms with Gasteiger partial charge in [0.25, 0.3) is 0 Å². The van der Waals surface area contributed by atoms with Crippen LogP contribution in [0.3, 0.4) is 0 Å². The molecule has 1 aromatic rings. The predicted octanol–water partition coefficient (Wildman–Crippen LogP) is 1.67. The molecule has 0 aromatic carbocycles. The monoisotopic (exact) mass is 241 g/mol. The van der Waals surface area contributed by atoms with Crippen LogP contribution in [-0.4, -0.2) is 16.9 Å². The van der Waals surface area contributed by atoms with Crippen LogP contribution in [0.15, 0.2) is 0 Å². The van der Waals surface area contributed by atoms with Crippen LogP contribution in [0.5, 0.6) is 0 Å². The third kappa shape index (κ3) is 3.02. The first-order valence-electron chi connectivity index (χ1n) is 5.45. The molecule has 0 bridgehead atoms. The first-order chi connectivity index (χ1) is 7.45. The molecule has 0 aliphatic heterocycles. The summed E-state index contributed by atoms with van der Waals surface area (Å²) in [6, 6.07) is -0.437. The van der Waals surface area contributed by atoms with Crippen LogP contribution >= 0.6 is 11.3 Å². The first-order valence-corrected chi connectivity index (χ1v) is 6.27. The topological polar surface area (TPSA) is 68.0 Å². The van der Waals surface area contributed by atoms with Gasteiger partial charge in [0.15, 0.2) is 0 Å². The highest BCUT2D eigenvalue weighted by atomic mass is 32.1. The van der Waals surface area contributed by atoms with Gasteiger partial charge in [-0.25, -0.2) is 4.98 Å². The van der Waals surface area contributed by atoms with Crippen LogP contribution in [0, 0.1) is 13.8 Å². The zero-order chi connectivity index (χ0) is 12.3. The number of nitrogens with zero attached hydrogens (tertiary/aromatic N) is 1. The highest BCUT2D eigenvalue weighted by Crippen LogP contribution is 2.24. The molecule has 1 heterocycles. The molecule has 0 spiro atoms. The Kier molecular flexibility index (Phi) is 4.44. The lowest BCUT2D eigenvalue weighted by Gasteiger charge is -2.15. The smallest absolute Gasteiger partial charge is 0.237 e. The van der Waals surface area contributed by atoms with Crippen molar-refractivity contribution in [3.8, 4) is 0 Å². The lowest BCUT2D eigenvalue weighted by Crippen LogP contribution is -2.41. The molecule has 2 atom stereocenters. The van der Waals surface area contributed by atoms with E-state index < -0.39 is 6.04 Å². The lowest BCUT2D eigenvalue weighted by molar-refractivity contribution is -0.123. The zero-order valence-electron chi connectivity index (χ0n) is 10.2. The number of nitrogens with two attached hydrogens (primary N) is 1. The van der Waals surface area contributed by atoms with Gasteiger partial charge in [0.05, 0.1) is 22.8 Å². The average molecular weight is 241 g/mol. The molecule has 0 aliphatic carbocycles. The van der Waals surface area contributed by atoms with E-state index in [0.717, 1.165) is 15.6 Å². The van der Waals surface area contributed by atoms with E-state index in [2.05, 4.69) is 10.3 Å². The Labute approximate surface area is 100 Å². The van der Waals surface area contributed by atoms with Gasteiger partial charge in [-0.3, -0.25) is 4.79 Å². The number of amides is 1. The van der Waals surface area contributed by atoms with E-state index in [1.165, 1.54) is 0 Å². The van der Waals surface area contributed by atoms with Crippen LogP contribution in [0.25, 0.3) is 0 Å². The number of hydrogen-bond acceptors (Lipinski definition) is 4. The van der Waals surface area contributed by atoms with Gasteiger partial charge in [-0.15, -0.1) is 11.3 Å². The summed E-state index contributed by atoms with van der Waals surface area (Å²) in [6.07, 6.45) is 0.652. The van der Waals surface area contributed by atoms with Crippen molar-refractivity contribution in [2.75, 3.05) is 0 Å². The minimum Gasteiger partial charge on any atom is -0.347 e. The lowest BCUT2D eigenvalue weighted by atomic mass is 10.2. The number of carbonyl (C=O) groups is 1. The normalized spacial score (nSPS) is 14.6. The predicted molar refractivity (Wildman–Crippen MR) is 66.4 cm³/mol. The SMILES string of the molecule is CC[C@@H](N)C(=O)NC(C)c1sc(C)nc1C. The third-order valence-electron chi connectivity index (χ3n) is 2.47. The van der Waals surface area contributed by atoms with Crippen molar-refractivity contribution in [1.29, 1.82) is 0 Å². The van der Waals surface area contributed by atoms with E-state index in [9.17, 15) is 4.79 Å². The van der Waals surface area contributed by atoms with Gasteiger partial charge in [-0.2, -0.15) is 0 Å². The molecule has 0 saturated heterocycles. The Hall–Kier alpha value is -0.940. The zero-order valence-corrected chi connectivity index (χ0v) is 11.0. The minimum atomic E-state index is -0.420. The van der Waals surface area contributed by atoms with Gasteiger partial charge in [-0.05, 0) is 27.2 Å². The fourth-order valence-corrected chi connectivity index (χ4v) is 2.45. The Bertz CT molecular complexity index is 375. The summed E-state index contributed by atoms with van der Waals surface area (Å²) < 4.78 is 0. The van der Waals surface area contributed by atoms with E-state index in [4.69, 9.17) is 5.73 Å². The molecule has 0 saturated carbocycles. The summed E-state index contributed by atoms with van der Waals surface area (Å²) in [5.74, 6) is -0.0968. The van der Waals surface area contributed by atoms with E-state index in [-0.39, 0.29) is 11.9 Å². The second-order valence-electron chi connectivity index (χ2n) is 3.93. The molecule has 90 valence electrons. The van der Waals surface area contributed by atoms with Gasteiger partial charge in [0, 0.05) is 4.88 Å². The molecule has 3 N–H and O–H groups in total. The fourth-order valence-electron chi connectivity index (χ4n) is 1.52. The van der Waals surface area contributed by atoms with Crippen LogP contribution in [0.4, 0.5) is 0 Å². The number of nitrogens with one attached hydrogen (secondary N) is 1. The van der Waals surface area contributed by atoms with Crippen molar-refractivity contribution < 1.29 is 4.79 Å². The molecule has 1 rings (SSSR count). The van der Waals surface area contributed by atoms with E-state index >= 15 is 0 Å². The Morgan fingerprint density at radius 2 is 2.19 bits per heavy atom. The van der Waals surface area contributed by atoms with Gasteiger partial charge in [-0.1, -0.05) is 6.92 Å². The number of carbonyl (C=O) groups excluding carboxylic acids is 1. The van der Waals surface area contributed by atoms with E-state index in [0.29, 0.717) is 6.42 Å². The molecule has 16 heavy (non-hydrogen) atoms. The van der Waals surface area contributed by atoms with Gasteiger partial charge >= 0.3 is 0 Å². The highest BCUT2D eigenvalue weighted by molar-refractivity contribution is 7.11. The molecule has 5 heteroatoms. The summed E-state index contributed by atoms with van der Waals surface area (Å²) in [6.45, 7) is 7.78. The third-order valence-corrected chi connectivity index (χ3v) is 3.72. The van der Waals surface area contributed by atoms with Gasteiger partial charge in [0.2, 0.25) is 5.91 Å². The summed E-state index contributed by atoms with van der Waals surface area (Å²) >= 11 is 1.62. The second kappa shape index (κ2) is 5.41. The van der Waals surface area contributed by atoms with Crippen molar-refractivity contribution in [2.45, 2.75) is 46.2 Å². The summed E-state index contributed by atoms with van der Waals surface area (Å²) in [7, 11) is 0. The van der Waals surface area contributed by atoms with Crippen molar-refractivity contribution in [3.63, 3.8) is 0 Å². The molecule has 1 unspecified atom stereocenters. The maximum atomic E-state index is 11.6. The van der Waals surface area contributed by atoms with Crippen molar-refractivity contribution in [1.82, 2.24) is 10.3 Å². The fraction of sp³-hybridized carbons (Fsp3) is 0.636. The average Bonchev–Trinajstić information content (AvgIpc) is 2.56. The van der Waals surface area contributed by atoms with Crippen LogP contribution in [0.2, 0.25) is 0 Å². The number of aryl methyl sites for hydroxylation is 2. The number of rotatable bonds is 4. The molecule has 4 nitrogen and oxygen atoms in total. The Balaban J connectivity index is 2.69. The maximum absolute atomic E-state index is 11.6. The minimum absolute atomic E-state index is 0.0173. The molecular formula is C11H19N3OS. The maximum Gasteiger partial charge on any atom is 0.237 e. The summed E-state index contributed by atoms with van der Waals surface area (Å²) in [5, 5.41) is 3.93. The number of thiazole rings is 1. The first kappa shape index (κ1) is 13.1. The number of aromatic nitrogens is 1. The molecular weight excluding hydrogens is 222 g/mol. The quantitative estimate of drug-likeness (QED) is 0.842. The highest BCUT2D eigenvalue weighted by Gasteiger charge is 2.18. The summed E-state index contributed by atoms with van der Waals surface area (Å²) in [4.78, 5) is 17.1. The molecule has 1 aromatic heterocycles. The van der Waals surface area contributed by atoms with Gasteiger partial charge in [0.1, 0.15) is 0 Å². The molecule has 1 amide bonds. The van der Waals surface area contributed by atoms with Crippen molar-refractivity contribution in [3.05, 3.63) is 15.6 Å². The molecule has 0 fully saturated rings. The molecule has 0 radical (unpaired) electrons. The van der Waals surface area contributed by atoms with E-state index in [1.807, 2.05) is 27.7 Å². The van der Waals surface area contributed by atoms with Crippen LogP contribution < -0.4 is 11.1 Å². The Morgan fingerprint density at radius 1 is 1.56 bits per heavy atom.